The number of hydrogen-bond acceptors (Lipinski definition) is 3. The smallest absolute Gasteiger partial charge is 0.306 e. The fourth-order valence-corrected chi connectivity index (χ4v) is 5.25. The largest absolute Gasteiger partial charge is 0.342 e. The lowest BCUT2D eigenvalue weighted by atomic mass is 9.63. The van der Waals surface area contributed by atoms with Crippen molar-refractivity contribution in [3.8, 4) is 0 Å². The summed E-state index contributed by atoms with van der Waals surface area (Å²) in [5, 5.41) is 9.72. The number of nitrogens with one attached hydrogen (secondary N) is 1. The van der Waals surface area contributed by atoms with Crippen LogP contribution in [0.1, 0.15) is 63.8 Å². The van der Waals surface area contributed by atoms with Crippen molar-refractivity contribution >= 4 is 17.4 Å². The van der Waals surface area contributed by atoms with Crippen LogP contribution < -0.4 is 5.32 Å². The molecule has 0 bridgehead atoms. The molecule has 1 saturated carbocycles. The summed E-state index contributed by atoms with van der Waals surface area (Å²) >= 11 is 0. The number of carbonyl (C=O) groups excluding carboxylic acids is 1. The highest BCUT2D eigenvalue weighted by atomic mass is 16.2. The topological polar surface area (TPSA) is 57.6 Å². The molecule has 1 aromatic carbocycles. The van der Waals surface area contributed by atoms with Crippen LogP contribution in [-0.2, 0) is 0 Å². The maximum Gasteiger partial charge on any atom is 0.342 e. The molecule has 0 radical (unpaired) electrons. The first-order chi connectivity index (χ1) is 13.6. The van der Waals surface area contributed by atoms with Gasteiger partial charge in [-0.2, -0.15) is 5.10 Å². The van der Waals surface area contributed by atoms with Gasteiger partial charge in [0.2, 0.25) is 0 Å². The molecule has 29 heavy (non-hydrogen) atoms. The Morgan fingerprint density at radius 1 is 1.07 bits per heavy atom. The van der Waals surface area contributed by atoms with Crippen LogP contribution in [-0.4, -0.2) is 27.8 Å². The van der Waals surface area contributed by atoms with Crippen LogP contribution in [0.15, 0.2) is 47.7 Å². The van der Waals surface area contributed by atoms with Crippen LogP contribution in [0.3, 0.4) is 0 Å². The maximum atomic E-state index is 13.3. The van der Waals surface area contributed by atoms with Crippen LogP contribution in [0, 0.1) is 17.8 Å². The molecule has 4 rings (SSSR count). The Morgan fingerprint density at radius 3 is 2.45 bits per heavy atom. The van der Waals surface area contributed by atoms with Crippen LogP contribution in [0.4, 0.5) is 10.5 Å². The number of benzene rings is 1. The van der Waals surface area contributed by atoms with Crippen molar-refractivity contribution in [2.75, 3.05) is 5.32 Å². The molecule has 152 valence electrons. The van der Waals surface area contributed by atoms with Crippen molar-refractivity contribution in [2.24, 2.45) is 15.9 Å². The SMILES string of the molecule is Cc1ccc2c(c1)NC(=O)N(C1CC(C)(C)CC(C)(C)C1)N=C2c1ccccn1. The summed E-state index contributed by atoms with van der Waals surface area (Å²) in [5.74, 6) is 0. The van der Waals surface area contributed by atoms with E-state index < -0.39 is 0 Å². The van der Waals surface area contributed by atoms with E-state index in [1.807, 2.05) is 43.3 Å². The second-order valence-electron chi connectivity index (χ2n) is 10.1. The van der Waals surface area contributed by atoms with E-state index in [0.717, 1.165) is 47.5 Å². The predicted octanol–water partition coefficient (Wildman–Crippen LogP) is 5.59. The van der Waals surface area contributed by atoms with Gasteiger partial charge in [0.15, 0.2) is 0 Å². The van der Waals surface area contributed by atoms with Gasteiger partial charge in [0.05, 0.1) is 17.4 Å². The minimum Gasteiger partial charge on any atom is -0.306 e. The first-order valence-electron chi connectivity index (χ1n) is 10.3. The monoisotopic (exact) mass is 390 g/mol. The molecule has 5 heteroatoms. The van der Waals surface area contributed by atoms with Crippen LogP contribution in [0.25, 0.3) is 0 Å². The van der Waals surface area contributed by atoms with Crippen molar-refractivity contribution in [2.45, 2.75) is 59.9 Å². The second kappa shape index (κ2) is 6.97. The quantitative estimate of drug-likeness (QED) is 0.726. The number of anilines is 1. The molecule has 0 saturated heterocycles. The lowest BCUT2D eigenvalue weighted by Gasteiger charge is -2.46. The molecule has 2 heterocycles. The third-order valence-electron chi connectivity index (χ3n) is 5.87. The van der Waals surface area contributed by atoms with Crippen LogP contribution in [0.5, 0.6) is 0 Å². The second-order valence-corrected chi connectivity index (χ2v) is 10.1. The molecule has 2 aromatic rings. The van der Waals surface area contributed by atoms with E-state index in [1.165, 1.54) is 0 Å². The zero-order valence-corrected chi connectivity index (χ0v) is 18.0. The van der Waals surface area contributed by atoms with Gasteiger partial charge in [-0.15, -0.1) is 0 Å². The molecule has 1 aromatic heterocycles. The Bertz CT molecular complexity index is 946. The summed E-state index contributed by atoms with van der Waals surface area (Å²) < 4.78 is 0. The van der Waals surface area contributed by atoms with Gasteiger partial charge in [0, 0.05) is 11.8 Å². The van der Waals surface area contributed by atoms with E-state index in [2.05, 4.69) is 38.0 Å². The van der Waals surface area contributed by atoms with E-state index in [0.29, 0.717) is 0 Å². The van der Waals surface area contributed by atoms with E-state index >= 15 is 0 Å². The molecular weight excluding hydrogens is 360 g/mol. The maximum absolute atomic E-state index is 13.3. The Kier molecular flexibility index (Phi) is 4.72. The summed E-state index contributed by atoms with van der Waals surface area (Å²) in [6, 6.07) is 11.8. The lowest BCUT2D eigenvalue weighted by molar-refractivity contribution is 0.0434. The fraction of sp³-hybridized carbons (Fsp3) is 0.458. The van der Waals surface area contributed by atoms with Gasteiger partial charge in [-0.25, -0.2) is 9.80 Å². The predicted molar refractivity (Wildman–Crippen MR) is 117 cm³/mol. The molecule has 2 amide bonds. The molecule has 0 unspecified atom stereocenters. The van der Waals surface area contributed by atoms with E-state index in [-0.39, 0.29) is 22.9 Å². The minimum atomic E-state index is -0.165. The summed E-state index contributed by atoms with van der Waals surface area (Å²) in [5.41, 5.74) is 4.61. The van der Waals surface area contributed by atoms with Gasteiger partial charge < -0.3 is 5.32 Å². The molecule has 1 fully saturated rings. The van der Waals surface area contributed by atoms with Gasteiger partial charge in [0.1, 0.15) is 5.71 Å². The highest BCUT2D eigenvalue weighted by Crippen LogP contribution is 2.47. The third kappa shape index (κ3) is 4.04. The number of amides is 2. The Balaban J connectivity index is 1.83. The average molecular weight is 391 g/mol. The fourth-order valence-electron chi connectivity index (χ4n) is 5.25. The summed E-state index contributed by atoms with van der Waals surface area (Å²) in [4.78, 5) is 17.8. The summed E-state index contributed by atoms with van der Waals surface area (Å²) in [7, 11) is 0. The minimum absolute atomic E-state index is 0.0443. The Hall–Kier alpha value is -2.69. The van der Waals surface area contributed by atoms with Crippen molar-refractivity contribution < 1.29 is 4.79 Å². The number of hydrogen-bond donors (Lipinski definition) is 1. The number of fused-ring (bicyclic) bond motifs is 1. The number of carbonyl (C=O) groups is 1. The number of rotatable bonds is 2. The average Bonchev–Trinajstić information content (AvgIpc) is 2.75. The highest BCUT2D eigenvalue weighted by Gasteiger charge is 2.43. The third-order valence-corrected chi connectivity index (χ3v) is 5.87. The number of nitrogens with zero attached hydrogens (tertiary/aromatic N) is 3. The Labute approximate surface area is 173 Å². The molecule has 1 aliphatic heterocycles. The number of pyridine rings is 1. The highest BCUT2D eigenvalue weighted by molar-refractivity contribution is 6.17. The molecule has 0 spiro atoms. The normalized spacial score (nSPS) is 21.1. The number of hydrazone groups is 1. The van der Waals surface area contributed by atoms with Crippen molar-refractivity contribution in [3.63, 3.8) is 0 Å². The number of aromatic nitrogens is 1. The molecule has 1 aliphatic carbocycles. The van der Waals surface area contributed by atoms with Gasteiger partial charge >= 0.3 is 6.03 Å². The first kappa shape index (κ1) is 19.6. The van der Waals surface area contributed by atoms with Crippen LogP contribution in [0.2, 0.25) is 0 Å². The summed E-state index contributed by atoms with van der Waals surface area (Å²) in [6.45, 7) is 11.2. The number of aryl methyl sites for hydroxylation is 1. The van der Waals surface area contributed by atoms with Gasteiger partial charge in [-0.3, -0.25) is 4.98 Å². The molecular formula is C24H30N4O. The van der Waals surface area contributed by atoms with Crippen molar-refractivity contribution in [3.05, 3.63) is 59.4 Å². The Morgan fingerprint density at radius 2 is 1.79 bits per heavy atom. The van der Waals surface area contributed by atoms with Gasteiger partial charge in [-0.05, 0) is 60.8 Å². The van der Waals surface area contributed by atoms with Gasteiger partial charge in [-0.1, -0.05) is 45.9 Å². The van der Waals surface area contributed by atoms with E-state index in [9.17, 15) is 4.79 Å². The van der Waals surface area contributed by atoms with Crippen molar-refractivity contribution in [1.29, 1.82) is 0 Å². The molecule has 0 atom stereocenters. The summed E-state index contributed by atoms with van der Waals surface area (Å²) in [6.07, 6.45) is 4.77. The molecule has 1 N–H and O–H groups in total. The molecule has 2 aliphatic rings. The molecule has 5 nitrogen and oxygen atoms in total. The zero-order chi connectivity index (χ0) is 20.8. The lowest BCUT2D eigenvalue weighted by Crippen LogP contribution is -2.47. The van der Waals surface area contributed by atoms with Crippen LogP contribution >= 0.6 is 0 Å². The standard InChI is InChI=1S/C24H30N4O/c1-16-9-10-18-20(12-16)26-22(29)28(27-21(18)19-8-6-7-11-25-19)17-13-23(2,3)15-24(4,5)14-17/h6-12,17H,13-15H2,1-5H3,(H,26,29). The zero-order valence-electron chi connectivity index (χ0n) is 18.0. The van der Waals surface area contributed by atoms with Crippen molar-refractivity contribution in [1.82, 2.24) is 9.99 Å². The first-order valence-corrected chi connectivity index (χ1v) is 10.3. The van der Waals surface area contributed by atoms with E-state index in [4.69, 9.17) is 5.10 Å². The van der Waals surface area contributed by atoms with E-state index in [1.54, 1.807) is 11.2 Å². The number of urea groups is 1. The van der Waals surface area contributed by atoms with Gasteiger partial charge in [0.25, 0.3) is 0 Å².